The van der Waals surface area contributed by atoms with E-state index in [0.29, 0.717) is 12.8 Å². The summed E-state index contributed by atoms with van der Waals surface area (Å²) in [7, 11) is -2.95. The predicted molar refractivity (Wildman–Crippen MR) is 134 cm³/mol. The molecule has 1 unspecified atom stereocenters. The van der Waals surface area contributed by atoms with Gasteiger partial charge in [-0.1, -0.05) is 48.8 Å². The van der Waals surface area contributed by atoms with Crippen molar-refractivity contribution in [2.45, 2.75) is 40.2 Å². The van der Waals surface area contributed by atoms with E-state index >= 15 is 0 Å². The Morgan fingerprint density at radius 3 is 1.76 bits per heavy atom. The fourth-order valence-electron chi connectivity index (χ4n) is 2.70. The minimum atomic E-state index is -4.39. The summed E-state index contributed by atoms with van der Waals surface area (Å²) in [4.78, 5) is 40.2. The highest BCUT2D eigenvalue weighted by atomic mass is 31.2. The molecule has 0 aromatic heterocycles. The van der Waals surface area contributed by atoms with E-state index in [1.54, 1.807) is 24.3 Å². The maximum Gasteiger partial charge on any atom is 0.508 e. The first-order valence-corrected chi connectivity index (χ1v) is 13.5. The van der Waals surface area contributed by atoms with Crippen LogP contribution in [-0.4, -0.2) is 75.6 Å². The molecule has 214 valence electrons. The highest BCUT2D eigenvalue weighted by molar-refractivity contribution is 7.52. The van der Waals surface area contributed by atoms with E-state index in [9.17, 15) is 18.9 Å². The predicted octanol–water partition coefficient (Wildman–Crippen LogP) is 3.69. The van der Waals surface area contributed by atoms with Gasteiger partial charge < -0.3 is 24.7 Å². The average molecular weight is 563 g/mol. The summed E-state index contributed by atoms with van der Waals surface area (Å²) in [5, 5.41) is 0. The van der Waals surface area contributed by atoms with E-state index in [0.717, 1.165) is 5.56 Å². The van der Waals surface area contributed by atoms with Crippen LogP contribution in [0.25, 0.3) is 0 Å². The first kappa shape index (κ1) is 32.8. The van der Waals surface area contributed by atoms with Crippen LogP contribution in [0.3, 0.4) is 0 Å². The molecular weight excluding hydrogens is 525 g/mol. The zero-order chi connectivity index (χ0) is 28.4. The second kappa shape index (κ2) is 17.3. The molecule has 1 aromatic rings. The van der Waals surface area contributed by atoms with Crippen molar-refractivity contribution in [3.63, 3.8) is 0 Å². The lowest BCUT2D eigenvalue weighted by Gasteiger charge is -2.28. The van der Waals surface area contributed by atoms with Crippen LogP contribution >= 0.6 is 7.75 Å². The standard InChI is InChI=1S/C23H37N3O11P/c1-5-12-31-22(28)33-14-16-35-38(30,36-17-15-34-23(29)32-13-6-2)25-21(24)26(4,37-19(3)27)18-20-10-8-7-9-11-20/h7-11H,5-6,12-18H2,1-4H3,(H2,24,25,30)/q+1. The number of benzene rings is 1. The van der Waals surface area contributed by atoms with Crippen molar-refractivity contribution >= 4 is 32.0 Å². The number of rotatable bonds is 15. The number of quaternary nitrogens is 1. The number of guanidine groups is 1. The molecule has 2 N–H and O–H groups in total. The van der Waals surface area contributed by atoms with Gasteiger partial charge in [-0.05, 0) is 12.8 Å². The molecule has 0 aliphatic heterocycles. The summed E-state index contributed by atoms with van der Waals surface area (Å²) < 4.78 is 46.5. The van der Waals surface area contributed by atoms with E-state index < -0.39 is 49.8 Å². The summed E-state index contributed by atoms with van der Waals surface area (Å²) >= 11 is 0. The van der Waals surface area contributed by atoms with Crippen molar-refractivity contribution in [2.24, 2.45) is 10.5 Å². The molecule has 0 radical (unpaired) electrons. The lowest BCUT2D eigenvalue weighted by Crippen LogP contribution is -2.53. The lowest BCUT2D eigenvalue weighted by atomic mass is 10.2. The van der Waals surface area contributed by atoms with Gasteiger partial charge in [-0.25, -0.2) is 18.9 Å². The van der Waals surface area contributed by atoms with Gasteiger partial charge in [0.1, 0.15) is 20.3 Å². The average Bonchev–Trinajstić information content (AvgIpc) is 2.86. The highest BCUT2D eigenvalue weighted by Crippen LogP contribution is 2.50. The van der Waals surface area contributed by atoms with Gasteiger partial charge in [0.2, 0.25) is 0 Å². The normalized spacial score (nSPS) is 13.2. The third-order valence-corrected chi connectivity index (χ3v) is 5.80. The highest BCUT2D eigenvalue weighted by Gasteiger charge is 2.37. The third-order valence-electron chi connectivity index (χ3n) is 4.33. The van der Waals surface area contributed by atoms with Gasteiger partial charge >= 0.3 is 32.0 Å². The van der Waals surface area contributed by atoms with Crippen LogP contribution in [-0.2, 0) is 48.7 Å². The molecule has 0 aliphatic carbocycles. The van der Waals surface area contributed by atoms with Crippen molar-refractivity contribution < 1.29 is 56.4 Å². The molecule has 1 atom stereocenters. The maximum absolute atomic E-state index is 13.4. The van der Waals surface area contributed by atoms with Gasteiger partial charge in [0, 0.05) is 12.5 Å². The van der Waals surface area contributed by atoms with Crippen molar-refractivity contribution in [3.8, 4) is 0 Å². The summed E-state index contributed by atoms with van der Waals surface area (Å²) in [6.07, 6.45) is -0.622. The van der Waals surface area contributed by atoms with Gasteiger partial charge in [-0.15, -0.1) is 4.76 Å². The van der Waals surface area contributed by atoms with Gasteiger partial charge in [0.15, 0.2) is 6.54 Å². The number of ether oxygens (including phenoxy) is 4. The van der Waals surface area contributed by atoms with E-state index in [-0.39, 0.29) is 33.0 Å². The molecule has 0 saturated heterocycles. The number of carbonyl (C=O) groups is 3. The van der Waals surface area contributed by atoms with E-state index in [1.807, 2.05) is 19.9 Å². The second-order valence-corrected chi connectivity index (χ2v) is 9.47. The van der Waals surface area contributed by atoms with Crippen LogP contribution in [0.5, 0.6) is 0 Å². The zero-order valence-electron chi connectivity index (χ0n) is 22.2. The van der Waals surface area contributed by atoms with E-state index in [2.05, 4.69) is 4.76 Å². The van der Waals surface area contributed by atoms with Crippen LogP contribution in [0.4, 0.5) is 9.59 Å². The molecular formula is C23H37N3O11P+. The molecule has 14 nitrogen and oxygen atoms in total. The molecule has 0 heterocycles. The zero-order valence-corrected chi connectivity index (χ0v) is 23.1. The van der Waals surface area contributed by atoms with Crippen LogP contribution in [0.2, 0.25) is 0 Å². The molecule has 1 aromatic carbocycles. The van der Waals surface area contributed by atoms with Gasteiger partial charge in [-0.2, -0.15) is 0 Å². The molecule has 0 bridgehead atoms. The number of hydroxylamine groups is 3. The lowest BCUT2D eigenvalue weighted by molar-refractivity contribution is -1.01. The molecule has 0 saturated carbocycles. The quantitative estimate of drug-likeness (QED) is 0.0626. The molecule has 0 aliphatic rings. The Hall–Kier alpha value is -3.19. The Kier molecular flexibility index (Phi) is 15.0. The number of hydrogen-bond acceptors (Lipinski definition) is 11. The van der Waals surface area contributed by atoms with E-state index in [1.165, 1.54) is 14.0 Å². The topological polar surface area (TPSA) is 171 Å². The fourth-order valence-corrected chi connectivity index (χ4v) is 3.94. The number of carbonyl (C=O) groups excluding carboxylic acids is 3. The molecule has 38 heavy (non-hydrogen) atoms. The first-order chi connectivity index (χ1) is 18.0. The van der Waals surface area contributed by atoms with Crippen molar-refractivity contribution in [1.29, 1.82) is 0 Å². The smallest absolute Gasteiger partial charge is 0.434 e. The van der Waals surface area contributed by atoms with Crippen LogP contribution < -0.4 is 5.73 Å². The monoisotopic (exact) mass is 562 g/mol. The minimum Gasteiger partial charge on any atom is -0.434 e. The number of nitrogens with two attached hydrogens (primary N) is 1. The van der Waals surface area contributed by atoms with Gasteiger partial charge in [0.05, 0.1) is 26.4 Å². The summed E-state index contributed by atoms with van der Waals surface area (Å²) in [6.45, 7) is 3.78. The van der Waals surface area contributed by atoms with Gasteiger partial charge in [0.25, 0.3) is 0 Å². The van der Waals surface area contributed by atoms with Crippen LogP contribution in [0, 0.1) is 0 Å². The molecule has 1 rings (SSSR count). The Morgan fingerprint density at radius 2 is 1.32 bits per heavy atom. The van der Waals surface area contributed by atoms with E-state index in [4.69, 9.17) is 38.6 Å². The minimum absolute atomic E-state index is 0.0501. The molecule has 0 fully saturated rings. The molecule has 15 heteroatoms. The van der Waals surface area contributed by atoms with Crippen molar-refractivity contribution in [3.05, 3.63) is 35.9 Å². The van der Waals surface area contributed by atoms with Crippen molar-refractivity contribution in [1.82, 2.24) is 0 Å². The van der Waals surface area contributed by atoms with Crippen LogP contribution in [0.1, 0.15) is 39.2 Å². The van der Waals surface area contributed by atoms with Gasteiger partial charge in [-0.3, -0.25) is 13.9 Å². The Morgan fingerprint density at radius 1 is 0.842 bits per heavy atom. The summed E-state index contributed by atoms with van der Waals surface area (Å²) in [5.41, 5.74) is 6.89. The number of nitrogens with zero attached hydrogens (tertiary/aromatic N) is 2. The fraction of sp³-hybridized carbons (Fsp3) is 0.565. The van der Waals surface area contributed by atoms with Crippen LogP contribution in [0.15, 0.2) is 35.1 Å². The maximum atomic E-state index is 13.4. The summed E-state index contributed by atoms with van der Waals surface area (Å²) in [5.74, 6) is -1.07. The number of hydrogen-bond donors (Lipinski definition) is 1. The Bertz CT molecular complexity index is 929. The Balaban J connectivity index is 3.01. The SMILES string of the molecule is CCCOC(=O)OCCOP(=O)(N=C(N)[N+](C)(Cc1ccccc1)OC(C)=O)OCCOC(=O)OCCC. The largest absolute Gasteiger partial charge is 0.508 e. The first-order valence-electron chi connectivity index (χ1n) is 12.0. The molecule has 0 amide bonds. The summed E-state index contributed by atoms with van der Waals surface area (Å²) in [6, 6.07) is 8.95. The second-order valence-electron chi connectivity index (χ2n) is 7.81. The van der Waals surface area contributed by atoms with Crippen molar-refractivity contribution in [2.75, 3.05) is 46.7 Å². The third kappa shape index (κ3) is 13.4. The molecule has 0 spiro atoms. The Labute approximate surface area is 222 Å².